The van der Waals surface area contributed by atoms with E-state index in [0.29, 0.717) is 35.5 Å². The van der Waals surface area contributed by atoms with Gasteiger partial charge in [0.25, 0.3) is 0 Å². The Morgan fingerprint density at radius 1 is 0.618 bits per heavy atom. The van der Waals surface area contributed by atoms with Crippen molar-refractivity contribution >= 4 is 23.1 Å². The van der Waals surface area contributed by atoms with Gasteiger partial charge in [0.1, 0.15) is 0 Å². The van der Waals surface area contributed by atoms with Crippen molar-refractivity contribution in [3.8, 4) is 0 Å². The summed E-state index contributed by atoms with van der Waals surface area (Å²) >= 11 is 0. The lowest BCUT2D eigenvalue weighted by Gasteiger charge is -2.05. The van der Waals surface area contributed by atoms with Gasteiger partial charge in [-0.15, -0.1) is 0 Å². The van der Waals surface area contributed by atoms with Crippen molar-refractivity contribution < 1.29 is 14.3 Å². The van der Waals surface area contributed by atoms with Gasteiger partial charge in [-0.2, -0.15) is 10.2 Å². The maximum atomic E-state index is 12.2. The second-order valence-electron chi connectivity index (χ2n) is 8.74. The van der Waals surface area contributed by atoms with Crippen LogP contribution in [0.1, 0.15) is 112 Å². The predicted octanol–water partition coefficient (Wildman–Crippen LogP) is 9.16. The molecule has 0 aliphatic rings. The van der Waals surface area contributed by atoms with Gasteiger partial charge < -0.3 is 4.74 Å². The number of esters is 1. The molecule has 0 aliphatic heterocycles. The van der Waals surface area contributed by atoms with Gasteiger partial charge >= 0.3 is 5.97 Å². The molecule has 34 heavy (non-hydrogen) atoms. The minimum absolute atomic E-state index is 0.106. The molecule has 0 saturated carbocycles. The van der Waals surface area contributed by atoms with Crippen LogP contribution in [0, 0.1) is 0 Å². The van der Waals surface area contributed by atoms with Gasteiger partial charge in [-0.1, -0.05) is 78.1 Å². The van der Waals surface area contributed by atoms with Gasteiger partial charge in [0, 0.05) is 12.0 Å². The standard InChI is InChI=1S/C29H40N2O3/c1-3-5-6-7-8-9-10-11-12-13-14-23-34-29(33)25-17-21-27(22-18-25)31-30-26-19-15-24(16-20-26)28(32)4-2/h15-22H,3-14,23H2,1-2H3. The number of hydrogen-bond acceptors (Lipinski definition) is 5. The van der Waals surface area contributed by atoms with Crippen molar-refractivity contribution in [2.75, 3.05) is 6.61 Å². The first-order valence-electron chi connectivity index (χ1n) is 13.0. The molecule has 0 amide bonds. The van der Waals surface area contributed by atoms with E-state index in [0.717, 1.165) is 12.8 Å². The summed E-state index contributed by atoms with van der Waals surface area (Å²) in [5, 5.41) is 8.38. The Morgan fingerprint density at radius 2 is 1.06 bits per heavy atom. The monoisotopic (exact) mass is 464 g/mol. The van der Waals surface area contributed by atoms with Gasteiger partial charge in [0.2, 0.25) is 0 Å². The zero-order chi connectivity index (χ0) is 24.4. The molecular formula is C29H40N2O3. The van der Waals surface area contributed by atoms with Gasteiger partial charge in [0.15, 0.2) is 5.78 Å². The van der Waals surface area contributed by atoms with E-state index in [4.69, 9.17) is 4.74 Å². The number of carbonyl (C=O) groups is 2. The summed E-state index contributed by atoms with van der Waals surface area (Å²) in [6.07, 6.45) is 14.5. The van der Waals surface area contributed by atoms with E-state index in [1.807, 2.05) is 6.92 Å². The molecule has 0 N–H and O–H groups in total. The number of ether oxygens (including phenoxy) is 1. The smallest absolute Gasteiger partial charge is 0.338 e. The maximum absolute atomic E-state index is 12.2. The fourth-order valence-corrected chi connectivity index (χ4v) is 3.71. The first-order valence-corrected chi connectivity index (χ1v) is 13.0. The van der Waals surface area contributed by atoms with Crippen LogP contribution in [0.3, 0.4) is 0 Å². The van der Waals surface area contributed by atoms with Gasteiger partial charge in [-0.25, -0.2) is 4.79 Å². The van der Waals surface area contributed by atoms with Gasteiger partial charge in [-0.05, 0) is 55.0 Å². The molecule has 0 fully saturated rings. The highest BCUT2D eigenvalue weighted by Crippen LogP contribution is 2.20. The molecule has 5 heteroatoms. The van der Waals surface area contributed by atoms with Crippen LogP contribution in [0.5, 0.6) is 0 Å². The highest BCUT2D eigenvalue weighted by atomic mass is 16.5. The van der Waals surface area contributed by atoms with Crippen molar-refractivity contribution in [2.45, 2.75) is 90.9 Å². The molecule has 0 radical (unpaired) electrons. The second kappa shape index (κ2) is 16.7. The van der Waals surface area contributed by atoms with Crippen molar-refractivity contribution in [3.05, 3.63) is 59.7 Å². The number of hydrogen-bond donors (Lipinski definition) is 0. The van der Waals surface area contributed by atoms with E-state index < -0.39 is 0 Å². The van der Waals surface area contributed by atoms with Crippen LogP contribution in [-0.4, -0.2) is 18.4 Å². The summed E-state index contributed by atoms with van der Waals surface area (Å²) in [7, 11) is 0. The highest BCUT2D eigenvalue weighted by molar-refractivity contribution is 5.96. The molecule has 0 heterocycles. The molecule has 0 atom stereocenters. The van der Waals surface area contributed by atoms with Crippen molar-refractivity contribution in [2.24, 2.45) is 10.2 Å². The predicted molar refractivity (Wildman–Crippen MR) is 138 cm³/mol. The zero-order valence-electron chi connectivity index (χ0n) is 20.9. The van der Waals surface area contributed by atoms with Crippen LogP contribution in [0.15, 0.2) is 58.8 Å². The van der Waals surface area contributed by atoms with Crippen LogP contribution in [0.4, 0.5) is 11.4 Å². The van der Waals surface area contributed by atoms with E-state index in [9.17, 15) is 9.59 Å². The van der Waals surface area contributed by atoms with Crippen LogP contribution >= 0.6 is 0 Å². The molecule has 5 nitrogen and oxygen atoms in total. The SMILES string of the molecule is CCCCCCCCCCCCCOC(=O)c1ccc(N=Nc2ccc(C(=O)CC)cc2)cc1. The third kappa shape index (κ3) is 10.9. The molecule has 0 bridgehead atoms. The molecule has 2 aromatic rings. The van der Waals surface area contributed by atoms with E-state index in [1.165, 1.54) is 57.8 Å². The van der Waals surface area contributed by atoms with E-state index in [1.54, 1.807) is 48.5 Å². The average molecular weight is 465 g/mol. The van der Waals surface area contributed by atoms with E-state index in [2.05, 4.69) is 17.2 Å². The Bertz CT molecular complexity index is 873. The number of azo groups is 1. The third-order valence-electron chi connectivity index (χ3n) is 5.88. The lowest BCUT2D eigenvalue weighted by Crippen LogP contribution is -2.06. The van der Waals surface area contributed by atoms with Crippen LogP contribution in [0.2, 0.25) is 0 Å². The maximum Gasteiger partial charge on any atom is 0.338 e. The Hall–Kier alpha value is -2.82. The average Bonchev–Trinajstić information content (AvgIpc) is 2.88. The molecule has 0 aromatic heterocycles. The summed E-state index contributed by atoms with van der Waals surface area (Å²) in [5.74, 6) is -0.193. The first kappa shape index (κ1) is 27.4. The summed E-state index contributed by atoms with van der Waals surface area (Å²) in [6, 6.07) is 14.0. The molecule has 0 aliphatic carbocycles. The minimum atomic E-state index is -0.299. The fraction of sp³-hybridized carbons (Fsp3) is 0.517. The summed E-state index contributed by atoms with van der Waals surface area (Å²) < 4.78 is 5.40. The van der Waals surface area contributed by atoms with Crippen molar-refractivity contribution in [3.63, 3.8) is 0 Å². The van der Waals surface area contributed by atoms with Crippen LogP contribution in [0.25, 0.3) is 0 Å². The van der Waals surface area contributed by atoms with Crippen molar-refractivity contribution in [1.82, 2.24) is 0 Å². The number of Topliss-reactive ketones (excluding diaryl/α,β-unsaturated/α-hetero) is 1. The van der Waals surface area contributed by atoms with Gasteiger partial charge in [0.05, 0.1) is 23.5 Å². The molecule has 0 spiro atoms. The number of benzene rings is 2. The topological polar surface area (TPSA) is 68.1 Å². The zero-order valence-corrected chi connectivity index (χ0v) is 20.9. The molecule has 2 rings (SSSR count). The van der Waals surface area contributed by atoms with E-state index >= 15 is 0 Å². The lowest BCUT2D eigenvalue weighted by atomic mass is 10.1. The Balaban J connectivity index is 1.61. The number of carbonyl (C=O) groups excluding carboxylic acids is 2. The molecular weight excluding hydrogens is 424 g/mol. The van der Waals surface area contributed by atoms with Gasteiger partial charge in [-0.3, -0.25) is 4.79 Å². The number of rotatable bonds is 17. The number of ketones is 1. The first-order chi connectivity index (χ1) is 16.6. The Morgan fingerprint density at radius 3 is 1.53 bits per heavy atom. The molecule has 184 valence electrons. The van der Waals surface area contributed by atoms with E-state index in [-0.39, 0.29) is 11.8 Å². The molecule has 0 saturated heterocycles. The molecule has 0 unspecified atom stereocenters. The van der Waals surface area contributed by atoms with Crippen LogP contribution < -0.4 is 0 Å². The number of nitrogens with zero attached hydrogens (tertiary/aromatic N) is 2. The minimum Gasteiger partial charge on any atom is -0.462 e. The molecule has 2 aromatic carbocycles. The summed E-state index contributed by atoms with van der Waals surface area (Å²) in [4.78, 5) is 23.9. The second-order valence-corrected chi connectivity index (χ2v) is 8.74. The normalized spacial score (nSPS) is 11.1. The van der Waals surface area contributed by atoms with Crippen molar-refractivity contribution in [1.29, 1.82) is 0 Å². The Labute approximate surface area is 205 Å². The fourth-order valence-electron chi connectivity index (χ4n) is 3.71. The quantitative estimate of drug-likeness (QED) is 0.101. The van der Waals surface area contributed by atoms with Crippen LogP contribution in [-0.2, 0) is 4.74 Å². The number of unbranched alkanes of at least 4 members (excludes halogenated alkanes) is 10. The highest BCUT2D eigenvalue weighted by Gasteiger charge is 2.07. The lowest BCUT2D eigenvalue weighted by molar-refractivity contribution is 0.0497. The Kier molecular flexibility index (Phi) is 13.5. The largest absolute Gasteiger partial charge is 0.462 e. The third-order valence-corrected chi connectivity index (χ3v) is 5.88. The summed E-state index contributed by atoms with van der Waals surface area (Å²) in [6.45, 7) is 4.56. The summed E-state index contributed by atoms with van der Waals surface area (Å²) in [5.41, 5.74) is 2.51.